The second-order valence-corrected chi connectivity index (χ2v) is 4.14. The Morgan fingerprint density at radius 3 is 2.69 bits per heavy atom. The predicted molar refractivity (Wildman–Crippen MR) is 54.8 cm³/mol. The summed E-state index contributed by atoms with van der Waals surface area (Å²) in [4.78, 5) is 28.7. The van der Waals surface area contributed by atoms with Crippen LogP contribution in [-0.2, 0) is 0 Å². The summed E-state index contributed by atoms with van der Waals surface area (Å²) in [6, 6.07) is 0. The third-order valence-corrected chi connectivity index (χ3v) is 3.46. The van der Waals surface area contributed by atoms with E-state index in [1.165, 1.54) is 23.1 Å². The summed E-state index contributed by atoms with van der Waals surface area (Å²) in [5.41, 5.74) is -0.467. The van der Waals surface area contributed by atoms with Crippen molar-refractivity contribution in [2.75, 3.05) is 6.26 Å². The Balaban J connectivity index is 2.92. The topological polar surface area (TPSA) is 65.7 Å². The molecule has 68 valence electrons. The smallest absolute Gasteiger partial charge is 0.314 e. The summed E-state index contributed by atoms with van der Waals surface area (Å²) in [7, 11) is 0. The molecule has 2 aromatic heterocycles. The highest BCUT2D eigenvalue weighted by atomic mass is 32.2. The van der Waals surface area contributed by atoms with Crippen LogP contribution < -0.4 is 11.1 Å². The van der Waals surface area contributed by atoms with Gasteiger partial charge in [-0.25, -0.2) is 0 Å². The third-order valence-electron chi connectivity index (χ3n) is 1.65. The Bertz CT molecular complexity index is 551. The summed E-state index contributed by atoms with van der Waals surface area (Å²) in [6.07, 6.45) is 1.92. The molecule has 0 aliphatic carbocycles. The maximum absolute atomic E-state index is 11.0. The zero-order valence-electron chi connectivity index (χ0n) is 6.71. The fourth-order valence-electron chi connectivity index (χ4n) is 1.03. The highest BCUT2D eigenvalue weighted by Gasteiger charge is 2.05. The molecule has 2 heterocycles. The van der Waals surface area contributed by atoms with Crippen molar-refractivity contribution in [3.63, 3.8) is 0 Å². The van der Waals surface area contributed by atoms with Crippen molar-refractivity contribution in [1.82, 2.24) is 9.97 Å². The van der Waals surface area contributed by atoms with Gasteiger partial charge in [0, 0.05) is 10.3 Å². The number of thiophene rings is 1. The lowest BCUT2D eigenvalue weighted by Gasteiger charge is -1.91. The molecule has 0 amide bonds. The summed E-state index contributed by atoms with van der Waals surface area (Å²) < 4.78 is 0. The minimum atomic E-state index is -0.596. The van der Waals surface area contributed by atoms with E-state index >= 15 is 0 Å². The lowest BCUT2D eigenvalue weighted by molar-refractivity contribution is 1.15. The monoisotopic (exact) mass is 214 g/mol. The van der Waals surface area contributed by atoms with E-state index in [4.69, 9.17) is 0 Å². The molecular formula is C7H6N2O2S2. The molecule has 0 spiro atoms. The molecule has 0 aromatic carbocycles. The second kappa shape index (κ2) is 3.04. The summed E-state index contributed by atoms with van der Waals surface area (Å²) in [5, 5.41) is 1.90. The van der Waals surface area contributed by atoms with Crippen molar-refractivity contribution in [3.05, 3.63) is 26.1 Å². The molecule has 2 rings (SSSR count). The van der Waals surface area contributed by atoms with Gasteiger partial charge in [0.2, 0.25) is 0 Å². The summed E-state index contributed by atoms with van der Waals surface area (Å²) in [6.45, 7) is 0. The molecule has 0 bridgehead atoms. The van der Waals surface area contributed by atoms with Crippen LogP contribution in [0.15, 0.2) is 19.9 Å². The molecule has 0 fully saturated rings. The van der Waals surface area contributed by atoms with Crippen LogP contribution in [0.2, 0.25) is 0 Å². The Hall–Kier alpha value is -1.01. The first-order chi connectivity index (χ1) is 6.22. The molecule has 4 nitrogen and oxygen atoms in total. The maximum atomic E-state index is 11.0. The lowest BCUT2D eigenvalue weighted by atomic mass is 10.5. The zero-order valence-corrected chi connectivity index (χ0v) is 8.34. The molecule has 2 aromatic rings. The van der Waals surface area contributed by atoms with Crippen LogP contribution in [0.5, 0.6) is 0 Å². The van der Waals surface area contributed by atoms with Gasteiger partial charge in [0.15, 0.2) is 0 Å². The number of rotatable bonds is 1. The van der Waals surface area contributed by atoms with Crippen LogP contribution in [-0.4, -0.2) is 16.2 Å². The molecule has 6 heteroatoms. The first-order valence-electron chi connectivity index (χ1n) is 3.50. The molecule has 0 aliphatic rings. The highest BCUT2D eigenvalue weighted by Crippen LogP contribution is 2.27. The van der Waals surface area contributed by atoms with E-state index < -0.39 is 11.1 Å². The Morgan fingerprint density at radius 1 is 1.31 bits per heavy atom. The Morgan fingerprint density at radius 2 is 2.00 bits per heavy atom. The predicted octanol–water partition coefficient (Wildman–Crippen LogP) is 1.000. The quantitative estimate of drug-likeness (QED) is 0.550. The van der Waals surface area contributed by atoms with Crippen molar-refractivity contribution in [3.8, 4) is 0 Å². The molecule has 13 heavy (non-hydrogen) atoms. The second-order valence-electron chi connectivity index (χ2n) is 2.42. The molecule has 0 saturated heterocycles. The van der Waals surface area contributed by atoms with E-state index in [1.54, 1.807) is 0 Å². The van der Waals surface area contributed by atoms with Crippen LogP contribution in [0.25, 0.3) is 10.3 Å². The van der Waals surface area contributed by atoms with Crippen LogP contribution in [0.3, 0.4) is 0 Å². The van der Waals surface area contributed by atoms with E-state index in [1.807, 2.05) is 11.6 Å². The first kappa shape index (κ1) is 8.58. The van der Waals surface area contributed by atoms with E-state index in [9.17, 15) is 9.59 Å². The summed E-state index contributed by atoms with van der Waals surface area (Å²) in [5.74, 6) is 0. The highest BCUT2D eigenvalue weighted by molar-refractivity contribution is 7.99. The van der Waals surface area contributed by atoms with Gasteiger partial charge < -0.3 is 9.97 Å². The van der Waals surface area contributed by atoms with Crippen LogP contribution in [0.1, 0.15) is 0 Å². The normalized spacial score (nSPS) is 10.8. The van der Waals surface area contributed by atoms with Crippen molar-refractivity contribution in [2.24, 2.45) is 0 Å². The molecule has 0 saturated carbocycles. The zero-order chi connectivity index (χ0) is 9.42. The number of H-pyrrole nitrogens is 2. The number of thioether (sulfide) groups is 1. The van der Waals surface area contributed by atoms with Crippen molar-refractivity contribution < 1.29 is 0 Å². The number of hydrogen-bond acceptors (Lipinski definition) is 4. The molecule has 0 radical (unpaired) electrons. The van der Waals surface area contributed by atoms with E-state index in [-0.39, 0.29) is 0 Å². The van der Waals surface area contributed by atoms with Gasteiger partial charge >= 0.3 is 11.1 Å². The Labute approximate surface area is 81.0 Å². The minimum absolute atomic E-state index is 0.595. The molecule has 2 N–H and O–H groups in total. The van der Waals surface area contributed by atoms with Crippen molar-refractivity contribution >= 4 is 33.4 Å². The van der Waals surface area contributed by atoms with Crippen LogP contribution in [0, 0.1) is 0 Å². The van der Waals surface area contributed by atoms with E-state index in [0.717, 1.165) is 10.4 Å². The SMILES string of the molecule is CSc1csc2[nH]c(=O)c(=O)[nH]c12. The van der Waals surface area contributed by atoms with E-state index in [2.05, 4.69) is 9.97 Å². The van der Waals surface area contributed by atoms with Gasteiger partial charge in [-0.15, -0.1) is 23.1 Å². The minimum Gasteiger partial charge on any atom is -0.314 e. The van der Waals surface area contributed by atoms with Gasteiger partial charge in [0.25, 0.3) is 0 Å². The average Bonchev–Trinajstić information content (AvgIpc) is 2.48. The number of aromatic nitrogens is 2. The largest absolute Gasteiger partial charge is 0.314 e. The molecular weight excluding hydrogens is 208 g/mol. The van der Waals surface area contributed by atoms with Gasteiger partial charge in [-0.3, -0.25) is 9.59 Å². The van der Waals surface area contributed by atoms with Crippen LogP contribution in [0.4, 0.5) is 0 Å². The van der Waals surface area contributed by atoms with Gasteiger partial charge in [0.1, 0.15) is 4.83 Å². The van der Waals surface area contributed by atoms with Crippen molar-refractivity contribution in [2.45, 2.75) is 4.90 Å². The van der Waals surface area contributed by atoms with Gasteiger partial charge in [-0.2, -0.15) is 0 Å². The standard InChI is InChI=1S/C7H6N2O2S2/c1-12-3-2-13-7-4(3)8-5(10)6(11)9-7/h2H,1H3,(H,8,10)(H,9,11). The fraction of sp³-hybridized carbons (Fsp3) is 0.143. The van der Waals surface area contributed by atoms with Gasteiger partial charge in [-0.1, -0.05) is 0 Å². The molecule has 0 aliphatic heterocycles. The Kier molecular flexibility index (Phi) is 2.01. The first-order valence-corrected chi connectivity index (χ1v) is 5.60. The fourth-order valence-corrected chi connectivity index (χ4v) is 2.76. The number of aromatic amines is 2. The summed E-state index contributed by atoms with van der Waals surface area (Å²) >= 11 is 2.95. The maximum Gasteiger partial charge on any atom is 0.314 e. The van der Waals surface area contributed by atoms with Crippen molar-refractivity contribution in [1.29, 1.82) is 0 Å². The van der Waals surface area contributed by atoms with E-state index in [0.29, 0.717) is 4.83 Å². The van der Waals surface area contributed by atoms with Gasteiger partial charge in [0.05, 0.1) is 5.52 Å². The van der Waals surface area contributed by atoms with Crippen LogP contribution >= 0.6 is 23.1 Å². The number of hydrogen-bond donors (Lipinski definition) is 2. The third kappa shape index (κ3) is 1.31. The average molecular weight is 214 g/mol. The lowest BCUT2D eigenvalue weighted by Crippen LogP contribution is -2.28. The number of nitrogens with one attached hydrogen (secondary N) is 2. The molecule has 0 atom stereocenters. The molecule has 0 unspecified atom stereocenters. The van der Waals surface area contributed by atoms with Gasteiger partial charge in [-0.05, 0) is 6.26 Å². The number of fused-ring (bicyclic) bond motifs is 1.